The van der Waals surface area contributed by atoms with Crippen molar-refractivity contribution < 1.29 is 14.6 Å². The standard InChI is InChI=1S/C17H18O3/c1-11(2)20-13-7-8-16-15(9-13)17(18)14-6-4-3-5-12(14)10-19-16/h3-9,11,17-18H,10H2,1-2H3. The number of aliphatic hydroxyl groups excluding tert-OH is 1. The summed E-state index contributed by atoms with van der Waals surface area (Å²) >= 11 is 0. The normalized spacial score (nSPS) is 16.9. The molecule has 2 aromatic carbocycles. The first-order chi connectivity index (χ1) is 9.65. The van der Waals surface area contributed by atoms with E-state index in [1.165, 1.54) is 0 Å². The van der Waals surface area contributed by atoms with E-state index in [2.05, 4.69) is 0 Å². The largest absolute Gasteiger partial charge is 0.491 e. The van der Waals surface area contributed by atoms with Crippen LogP contribution in [-0.2, 0) is 6.61 Å². The summed E-state index contributed by atoms with van der Waals surface area (Å²) < 4.78 is 11.5. The third-order valence-electron chi connectivity index (χ3n) is 3.38. The molecule has 0 spiro atoms. The fourth-order valence-corrected chi connectivity index (χ4v) is 2.47. The second-order valence-corrected chi connectivity index (χ2v) is 5.26. The highest BCUT2D eigenvalue weighted by Crippen LogP contribution is 2.37. The van der Waals surface area contributed by atoms with E-state index in [9.17, 15) is 5.11 Å². The van der Waals surface area contributed by atoms with Crippen molar-refractivity contribution in [3.05, 3.63) is 59.2 Å². The summed E-state index contributed by atoms with van der Waals surface area (Å²) in [4.78, 5) is 0. The predicted octanol–water partition coefficient (Wildman–Crippen LogP) is 3.45. The number of rotatable bonds is 2. The highest BCUT2D eigenvalue weighted by atomic mass is 16.5. The Labute approximate surface area is 118 Å². The van der Waals surface area contributed by atoms with Gasteiger partial charge in [-0.3, -0.25) is 0 Å². The Morgan fingerprint density at radius 2 is 1.95 bits per heavy atom. The van der Waals surface area contributed by atoms with Gasteiger partial charge >= 0.3 is 0 Å². The number of hydrogen-bond acceptors (Lipinski definition) is 3. The fraction of sp³-hybridized carbons (Fsp3) is 0.294. The van der Waals surface area contributed by atoms with E-state index in [-0.39, 0.29) is 6.10 Å². The minimum Gasteiger partial charge on any atom is -0.491 e. The molecule has 20 heavy (non-hydrogen) atoms. The molecule has 0 bridgehead atoms. The summed E-state index contributed by atoms with van der Waals surface area (Å²) in [6.07, 6.45) is -0.580. The molecule has 1 unspecified atom stereocenters. The van der Waals surface area contributed by atoms with E-state index in [0.29, 0.717) is 12.4 Å². The van der Waals surface area contributed by atoms with Gasteiger partial charge in [0.05, 0.1) is 6.10 Å². The van der Waals surface area contributed by atoms with E-state index >= 15 is 0 Å². The van der Waals surface area contributed by atoms with Crippen molar-refractivity contribution in [2.75, 3.05) is 0 Å². The molecule has 0 amide bonds. The molecule has 104 valence electrons. The van der Waals surface area contributed by atoms with Crippen molar-refractivity contribution in [1.82, 2.24) is 0 Å². The van der Waals surface area contributed by atoms with Crippen LogP contribution in [0.5, 0.6) is 11.5 Å². The molecule has 0 saturated carbocycles. The second-order valence-electron chi connectivity index (χ2n) is 5.26. The fourth-order valence-electron chi connectivity index (χ4n) is 2.47. The Bertz CT molecular complexity index is 619. The number of ether oxygens (including phenoxy) is 2. The summed E-state index contributed by atoms with van der Waals surface area (Å²) in [5.74, 6) is 1.46. The summed E-state index contributed by atoms with van der Waals surface area (Å²) in [6, 6.07) is 13.4. The maximum absolute atomic E-state index is 10.6. The van der Waals surface area contributed by atoms with Gasteiger partial charge in [0.15, 0.2) is 0 Å². The lowest BCUT2D eigenvalue weighted by atomic mass is 9.97. The molecule has 2 aromatic rings. The molecule has 1 atom stereocenters. The van der Waals surface area contributed by atoms with Gasteiger partial charge in [0.2, 0.25) is 0 Å². The topological polar surface area (TPSA) is 38.7 Å². The molecule has 1 heterocycles. The van der Waals surface area contributed by atoms with Crippen molar-refractivity contribution in [3.63, 3.8) is 0 Å². The molecule has 1 aliphatic heterocycles. The van der Waals surface area contributed by atoms with Crippen molar-refractivity contribution in [2.24, 2.45) is 0 Å². The SMILES string of the molecule is CC(C)Oc1ccc2c(c1)C(O)c1ccccc1CO2. The lowest BCUT2D eigenvalue weighted by Gasteiger charge is -2.16. The number of fused-ring (bicyclic) bond motifs is 2. The maximum Gasteiger partial charge on any atom is 0.126 e. The molecular formula is C17H18O3. The van der Waals surface area contributed by atoms with Crippen molar-refractivity contribution in [3.8, 4) is 11.5 Å². The van der Waals surface area contributed by atoms with Gasteiger partial charge in [-0.25, -0.2) is 0 Å². The molecule has 0 radical (unpaired) electrons. The maximum atomic E-state index is 10.6. The second kappa shape index (κ2) is 5.17. The van der Waals surface area contributed by atoms with Gasteiger partial charge in [-0.2, -0.15) is 0 Å². The minimum absolute atomic E-state index is 0.101. The van der Waals surface area contributed by atoms with Crippen LogP contribution in [0.4, 0.5) is 0 Å². The molecule has 1 N–H and O–H groups in total. The molecular weight excluding hydrogens is 252 g/mol. The van der Waals surface area contributed by atoms with Crippen LogP contribution < -0.4 is 9.47 Å². The summed E-state index contributed by atoms with van der Waals surface area (Å²) in [5, 5.41) is 10.6. The van der Waals surface area contributed by atoms with Gasteiger partial charge in [-0.1, -0.05) is 24.3 Å². The van der Waals surface area contributed by atoms with E-state index in [0.717, 1.165) is 22.4 Å². The van der Waals surface area contributed by atoms with Crippen LogP contribution in [0.3, 0.4) is 0 Å². The summed E-state index contributed by atoms with van der Waals surface area (Å²) in [5.41, 5.74) is 2.67. The van der Waals surface area contributed by atoms with Gasteiger partial charge in [-0.05, 0) is 43.2 Å². The monoisotopic (exact) mass is 270 g/mol. The van der Waals surface area contributed by atoms with Gasteiger partial charge in [0.1, 0.15) is 24.2 Å². The summed E-state index contributed by atoms with van der Waals surface area (Å²) in [7, 11) is 0. The molecule has 3 rings (SSSR count). The van der Waals surface area contributed by atoms with Gasteiger partial charge in [0.25, 0.3) is 0 Å². The first-order valence-corrected chi connectivity index (χ1v) is 6.84. The van der Waals surface area contributed by atoms with E-state index < -0.39 is 6.10 Å². The Kier molecular flexibility index (Phi) is 3.36. The molecule has 3 heteroatoms. The van der Waals surface area contributed by atoms with Crippen LogP contribution in [0.1, 0.15) is 36.6 Å². The zero-order chi connectivity index (χ0) is 14.1. The Hall–Kier alpha value is -2.00. The van der Waals surface area contributed by atoms with E-state index in [1.807, 2.05) is 56.3 Å². The molecule has 0 saturated heterocycles. The van der Waals surface area contributed by atoms with Gasteiger partial charge < -0.3 is 14.6 Å². The van der Waals surface area contributed by atoms with E-state index in [4.69, 9.17) is 9.47 Å². The van der Waals surface area contributed by atoms with Crippen molar-refractivity contribution in [2.45, 2.75) is 32.7 Å². The number of benzene rings is 2. The number of aliphatic hydroxyl groups is 1. The molecule has 0 aliphatic carbocycles. The average Bonchev–Trinajstić information content (AvgIpc) is 2.57. The quantitative estimate of drug-likeness (QED) is 0.908. The average molecular weight is 270 g/mol. The molecule has 3 nitrogen and oxygen atoms in total. The van der Waals surface area contributed by atoms with Crippen LogP contribution in [0.15, 0.2) is 42.5 Å². The Morgan fingerprint density at radius 3 is 2.75 bits per heavy atom. The molecule has 0 aromatic heterocycles. The highest BCUT2D eigenvalue weighted by molar-refractivity contribution is 5.48. The zero-order valence-corrected chi connectivity index (χ0v) is 11.7. The van der Waals surface area contributed by atoms with E-state index in [1.54, 1.807) is 0 Å². The van der Waals surface area contributed by atoms with Crippen LogP contribution in [-0.4, -0.2) is 11.2 Å². The minimum atomic E-state index is -0.681. The van der Waals surface area contributed by atoms with Crippen molar-refractivity contribution in [1.29, 1.82) is 0 Å². The van der Waals surface area contributed by atoms with Crippen LogP contribution in [0.25, 0.3) is 0 Å². The zero-order valence-electron chi connectivity index (χ0n) is 11.7. The van der Waals surface area contributed by atoms with Crippen LogP contribution in [0, 0.1) is 0 Å². The summed E-state index contributed by atoms with van der Waals surface area (Å²) in [6.45, 7) is 4.44. The van der Waals surface area contributed by atoms with Gasteiger partial charge in [0, 0.05) is 5.56 Å². The molecule has 1 aliphatic rings. The van der Waals surface area contributed by atoms with Crippen LogP contribution in [0.2, 0.25) is 0 Å². The number of hydrogen-bond donors (Lipinski definition) is 1. The lowest BCUT2D eigenvalue weighted by molar-refractivity contribution is 0.214. The Balaban J connectivity index is 2.04. The lowest BCUT2D eigenvalue weighted by Crippen LogP contribution is -2.07. The smallest absolute Gasteiger partial charge is 0.126 e. The highest BCUT2D eigenvalue weighted by Gasteiger charge is 2.23. The Morgan fingerprint density at radius 1 is 1.15 bits per heavy atom. The van der Waals surface area contributed by atoms with Crippen LogP contribution >= 0.6 is 0 Å². The molecule has 0 fully saturated rings. The predicted molar refractivity (Wildman–Crippen MR) is 77.0 cm³/mol. The third-order valence-corrected chi connectivity index (χ3v) is 3.38. The van der Waals surface area contributed by atoms with Crippen molar-refractivity contribution >= 4 is 0 Å². The first-order valence-electron chi connectivity index (χ1n) is 6.84. The van der Waals surface area contributed by atoms with Gasteiger partial charge in [-0.15, -0.1) is 0 Å². The first kappa shape index (κ1) is 13.0. The third kappa shape index (κ3) is 2.37.